The third-order valence-corrected chi connectivity index (χ3v) is 1.32. The minimum absolute atomic E-state index is 0.157. The van der Waals surface area contributed by atoms with Crippen LogP contribution >= 0.6 is 12.2 Å². The van der Waals surface area contributed by atoms with Crippen molar-refractivity contribution < 1.29 is 4.79 Å². The summed E-state index contributed by atoms with van der Waals surface area (Å²) in [5.41, 5.74) is 0. The van der Waals surface area contributed by atoms with Gasteiger partial charge in [0, 0.05) is 28.2 Å². The molecule has 0 fully saturated rings. The van der Waals surface area contributed by atoms with E-state index in [0.717, 1.165) is 0 Å². The molecule has 5 nitrogen and oxygen atoms in total. The molecule has 0 unspecified atom stereocenters. The van der Waals surface area contributed by atoms with E-state index in [1.165, 1.54) is 0 Å². The lowest BCUT2D eigenvalue weighted by molar-refractivity contribution is 0.245. The van der Waals surface area contributed by atoms with E-state index in [4.69, 9.17) is 0 Å². The molecule has 0 saturated carbocycles. The zero-order chi connectivity index (χ0) is 9.98. The zero-order valence-corrected chi connectivity index (χ0v) is 8.63. The summed E-state index contributed by atoms with van der Waals surface area (Å²) in [5, 5.41) is 10.9. The molecule has 0 aliphatic rings. The highest BCUT2D eigenvalue weighted by molar-refractivity contribution is 7.80. The molecular weight excluding hydrogens is 176 g/mol. The van der Waals surface area contributed by atoms with E-state index in [1.54, 1.807) is 28.2 Å². The third kappa shape index (κ3) is 11.7. The maximum atomic E-state index is 9.96. The van der Waals surface area contributed by atoms with Crippen LogP contribution in [0.4, 0.5) is 4.79 Å². The first-order chi connectivity index (χ1) is 5.62. The summed E-state index contributed by atoms with van der Waals surface area (Å²) in [4.78, 5) is 9.96. The maximum absolute atomic E-state index is 9.96. The van der Waals surface area contributed by atoms with Crippen LogP contribution in [0.25, 0.3) is 0 Å². The predicted molar refractivity (Wildman–Crippen MR) is 54.2 cm³/mol. The molecule has 12 heavy (non-hydrogen) atoms. The van der Waals surface area contributed by atoms with Crippen molar-refractivity contribution in [3.63, 3.8) is 0 Å². The average Bonchev–Trinajstić information content (AvgIpc) is 2.16. The Morgan fingerprint density at radius 3 is 1.25 bits per heavy atom. The van der Waals surface area contributed by atoms with Gasteiger partial charge in [0.05, 0.1) is 0 Å². The largest absolute Gasteiger partial charge is 0.366 e. The first kappa shape index (κ1) is 13.5. The lowest BCUT2D eigenvalue weighted by Crippen LogP contribution is -2.28. The Balaban J connectivity index is 0. The number of carbonyl (C=O) groups is 1. The Hall–Kier alpha value is -1.04. The molecule has 6 heteroatoms. The molecule has 0 bridgehead atoms. The van der Waals surface area contributed by atoms with E-state index in [-0.39, 0.29) is 6.03 Å². The molecule has 0 heterocycles. The van der Waals surface area contributed by atoms with E-state index in [2.05, 4.69) is 33.5 Å². The Labute approximate surface area is 78.3 Å². The Morgan fingerprint density at radius 2 is 1.25 bits per heavy atom. The quantitative estimate of drug-likeness (QED) is 0.382. The van der Waals surface area contributed by atoms with Crippen LogP contribution in [0.2, 0.25) is 0 Å². The van der Waals surface area contributed by atoms with Crippen LogP contribution in [0.1, 0.15) is 0 Å². The molecule has 0 aliphatic heterocycles. The van der Waals surface area contributed by atoms with Crippen LogP contribution in [0.3, 0.4) is 0 Å². The predicted octanol–water partition coefficient (Wildman–Crippen LogP) is -0.745. The highest BCUT2D eigenvalue weighted by Crippen LogP contribution is 1.52. The fraction of sp³-hybridized carbons (Fsp3) is 0.667. The molecule has 0 aliphatic carbocycles. The molecule has 0 radical (unpaired) electrons. The van der Waals surface area contributed by atoms with Gasteiger partial charge in [0.1, 0.15) is 0 Å². The van der Waals surface area contributed by atoms with E-state index in [0.29, 0.717) is 5.11 Å². The van der Waals surface area contributed by atoms with Gasteiger partial charge in [0.25, 0.3) is 0 Å². The Morgan fingerprint density at radius 1 is 0.917 bits per heavy atom. The minimum atomic E-state index is -0.157. The van der Waals surface area contributed by atoms with Crippen molar-refractivity contribution in [2.24, 2.45) is 0 Å². The van der Waals surface area contributed by atoms with Gasteiger partial charge in [-0.25, -0.2) is 4.79 Å². The first-order valence-corrected chi connectivity index (χ1v) is 3.82. The van der Waals surface area contributed by atoms with Gasteiger partial charge < -0.3 is 21.3 Å². The number of carbonyl (C=O) groups excluding carboxylic acids is 1. The molecule has 0 atom stereocenters. The molecule has 0 aromatic carbocycles. The van der Waals surface area contributed by atoms with Gasteiger partial charge in [0.2, 0.25) is 0 Å². The van der Waals surface area contributed by atoms with Crippen LogP contribution in [-0.2, 0) is 0 Å². The van der Waals surface area contributed by atoms with Crippen LogP contribution in [-0.4, -0.2) is 39.3 Å². The Bertz CT molecular complexity index is 112. The van der Waals surface area contributed by atoms with Crippen molar-refractivity contribution in [1.29, 1.82) is 0 Å². The molecule has 2 amide bonds. The van der Waals surface area contributed by atoms with Crippen LogP contribution in [0.5, 0.6) is 0 Å². The third-order valence-electron chi connectivity index (χ3n) is 0.908. The number of hydrogen-bond donors (Lipinski definition) is 4. The monoisotopic (exact) mass is 192 g/mol. The maximum Gasteiger partial charge on any atom is 0.314 e. The van der Waals surface area contributed by atoms with Gasteiger partial charge in [-0.2, -0.15) is 0 Å². The molecular formula is C6H16N4OS. The second kappa shape index (κ2) is 9.96. The summed E-state index contributed by atoms with van der Waals surface area (Å²) < 4.78 is 0. The van der Waals surface area contributed by atoms with Gasteiger partial charge >= 0.3 is 6.03 Å². The van der Waals surface area contributed by atoms with Crippen molar-refractivity contribution in [2.75, 3.05) is 28.2 Å². The van der Waals surface area contributed by atoms with Gasteiger partial charge in [-0.15, -0.1) is 0 Å². The van der Waals surface area contributed by atoms with Gasteiger partial charge in [-0.1, -0.05) is 0 Å². The Kier molecular flexibility index (Phi) is 11.2. The lowest BCUT2D eigenvalue weighted by atomic mass is 11.0. The second-order valence-electron chi connectivity index (χ2n) is 1.66. The van der Waals surface area contributed by atoms with Gasteiger partial charge in [0.15, 0.2) is 5.11 Å². The van der Waals surface area contributed by atoms with E-state index < -0.39 is 0 Å². The molecule has 0 aromatic rings. The summed E-state index contributed by atoms with van der Waals surface area (Å²) in [5.74, 6) is 0. The van der Waals surface area contributed by atoms with E-state index in [1.807, 2.05) is 0 Å². The number of amides is 2. The van der Waals surface area contributed by atoms with E-state index in [9.17, 15) is 4.79 Å². The standard InChI is InChI=1S/C3H8N2O.C3H8N2S/c2*1-4-3(6)5-2/h2*1-2H3,(H2,4,5,6). The van der Waals surface area contributed by atoms with Gasteiger partial charge in [-0.3, -0.25) is 0 Å². The van der Waals surface area contributed by atoms with Crippen LogP contribution in [0.15, 0.2) is 0 Å². The number of hydrogen-bond acceptors (Lipinski definition) is 2. The SMILES string of the molecule is CNC(=O)NC.CNC(=S)NC. The molecule has 0 aromatic heterocycles. The smallest absolute Gasteiger partial charge is 0.314 e. The molecule has 0 rings (SSSR count). The first-order valence-electron chi connectivity index (χ1n) is 3.41. The summed E-state index contributed by atoms with van der Waals surface area (Å²) >= 11 is 4.63. The van der Waals surface area contributed by atoms with Crippen LogP contribution in [0, 0.1) is 0 Å². The summed E-state index contributed by atoms with van der Waals surface area (Å²) in [7, 11) is 6.69. The summed E-state index contributed by atoms with van der Waals surface area (Å²) in [6.45, 7) is 0. The highest BCUT2D eigenvalue weighted by atomic mass is 32.1. The fourth-order valence-corrected chi connectivity index (χ4v) is 0.250. The van der Waals surface area contributed by atoms with E-state index >= 15 is 0 Å². The summed E-state index contributed by atoms with van der Waals surface area (Å²) in [6, 6.07) is -0.157. The van der Waals surface area contributed by atoms with Crippen molar-refractivity contribution in [2.45, 2.75) is 0 Å². The number of thiocarbonyl (C=S) groups is 1. The van der Waals surface area contributed by atoms with Gasteiger partial charge in [-0.05, 0) is 12.2 Å². The number of nitrogens with one attached hydrogen (secondary N) is 4. The molecule has 0 saturated heterocycles. The fourth-order valence-electron chi connectivity index (χ4n) is 0.250. The normalized spacial score (nSPS) is 7.00. The number of urea groups is 1. The van der Waals surface area contributed by atoms with Crippen molar-refractivity contribution in [1.82, 2.24) is 21.3 Å². The minimum Gasteiger partial charge on any atom is -0.366 e. The molecule has 4 N–H and O–H groups in total. The second-order valence-corrected chi connectivity index (χ2v) is 2.07. The molecule has 72 valence electrons. The van der Waals surface area contributed by atoms with Crippen LogP contribution < -0.4 is 21.3 Å². The average molecular weight is 192 g/mol. The topological polar surface area (TPSA) is 65.2 Å². The zero-order valence-electron chi connectivity index (χ0n) is 7.82. The molecule has 0 spiro atoms. The van der Waals surface area contributed by atoms with Crippen molar-refractivity contribution >= 4 is 23.4 Å². The number of rotatable bonds is 0. The lowest BCUT2D eigenvalue weighted by Gasteiger charge is -1.95. The summed E-state index contributed by atoms with van der Waals surface area (Å²) in [6.07, 6.45) is 0. The van der Waals surface area contributed by atoms with Crippen molar-refractivity contribution in [3.8, 4) is 0 Å². The van der Waals surface area contributed by atoms with Crippen molar-refractivity contribution in [3.05, 3.63) is 0 Å². The highest BCUT2D eigenvalue weighted by Gasteiger charge is 1.81.